The van der Waals surface area contributed by atoms with E-state index in [1.807, 2.05) is 58.1 Å². The minimum Gasteiger partial charge on any atom is -0.340 e. The van der Waals surface area contributed by atoms with Gasteiger partial charge >= 0.3 is 0 Å². The van der Waals surface area contributed by atoms with E-state index in [0.29, 0.717) is 0 Å². The Morgan fingerprint density at radius 3 is 2.23 bits per heavy atom. The van der Waals surface area contributed by atoms with Gasteiger partial charge in [-0.25, -0.2) is 4.99 Å². The predicted octanol–water partition coefficient (Wildman–Crippen LogP) is 6.22. The van der Waals surface area contributed by atoms with Crippen molar-refractivity contribution in [1.82, 2.24) is 0 Å². The van der Waals surface area contributed by atoms with E-state index in [9.17, 15) is 0 Å². The lowest BCUT2D eigenvalue weighted by molar-refractivity contribution is 1.31. The van der Waals surface area contributed by atoms with Crippen molar-refractivity contribution < 1.29 is 0 Å². The van der Waals surface area contributed by atoms with Crippen LogP contribution in [0.1, 0.15) is 40.2 Å². The van der Waals surface area contributed by atoms with Gasteiger partial charge in [-0.05, 0) is 50.1 Å². The Morgan fingerprint density at radius 2 is 1.73 bits per heavy atom. The highest BCUT2D eigenvalue weighted by Gasteiger charge is 1.97. The molecule has 1 rings (SSSR count). The number of aliphatic imine (C=N–C) groups is 1. The Hall–Kier alpha value is -2.35. The van der Waals surface area contributed by atoms with Gasteiger partial charge in [-0.1, -0.05) is 56.9 Å². The number of allylic oxidation sites excluding steroid dienone is 6. The van der Waals surface area contributed by atoms with Crippen LogP contribution in [0.15, 0.2) is 72.0 Å². The Labute approximate surface area is 135 Å². The second kappa shape index (κ2) is 12.4. The number of hydrogen-bond donors (Lipinski definition) is 1. The van der Waals surface area contributed by atoms with Crippen molar-refractivity contribution in [3.8, 4) is 0 Å². The smallest absolute Gasteiger partial charge is 0.129 e. The molecule has 0 saturated carbocycles. The maximum atomic E-state index is 4.24. The molecule has 0 bridgehead atoms. The first kappa shape index (κ1) is 19.7. The standard InChI is InChI=1S/C18H22N2.C2H6/c1-5-8-10-15(4)16-11-13-17(14-12-16)20-18(9-6-2)19-7-3;1-2/h5-14,20H,2H2,1,3-4H3;1-2H3/b8-5-,15-10+,18-9+,19-7-;. The molecule has 0 atom stereocenters. The minimum absolute atomic E-state index is 0.774. The molecule has 22 heavy (non-hydrogen) atoms. The van der Waals surface area contributed by atoms with Crippen molar-refractivity contribution in [2.75, 3.05) is 5.32 Å². The highest BCUT2D eigenvalue weighted by Crippen LogP contribution is 2.18. The van der Waals surface area contributed by atoms with E-state index < -0.39 is 0 Å². The summed E-state index contributed by atoms with van der Waals surface area (Å²) in [5.74, 6) is 0.774. The summed E-state index contributed by atoms with van der Waals surface area (Å²) in [6, 6.07) is 8.28. The van der Waals surface area contributed by atoms with Gasteiger partial charge in [-0.2, -0.15) is 0 Å². The number of anilines is 1. The van der Waals surface area contributed by atoms with Gasteiger partial charge in [-0.3, -0.25) is 0 Å². The summed E-state index contributed by atoms with van der Waals surface area (Å²) in [4.78, 5) is 4.24. The van der Waals surface area contributed by atoms with Crippen molar-refractivity contribution in [2.24, 2.45) is 4.99 Å². The van der Waals surface area contributed by atoms with Gasteiger partial charge in [0, 0.05) is 11.9 Å². The van der Waals surface area contributed by atoms with E-state index in [2.05, 4.69) is 42.0 Å². The minimum atomic E-state index is 0.774. The van der Waals surface area contributed by atoms with Crippen LogP contribution in [-0.4, -0.2) is 6.21 Å². The van der Waals surface area contributed by atoms with E-state index >= 15 is 0 Å². The van der Waals surface area contributed by atoms with Crippen LogP contribution in [0.5, 0.6) is 0 Å². The predicted molar refractivity (Wildman–Crippen MR) is 102 cm³/mol. The van der Waals surface area contributed by atoms with Gasteiger partial charge in [0.1, 0.15) is 5.82 Å². The number of nitrogens with one attached hydrogen (secondary N) is 1. The zero-order valence-electron chi connectivity index (χ0n) is 14.4. The van der Waals surface area contributed by atoms with E-state index in [4.69, 9.17) is 0 Å². The van der Waals surface area contributed by atoms with Crippen LogP contribution >= 0.6 is 0 Å². The largest absolute Gasteiger partial charge is 0.340 e. The molecular weight excluding hydrogens is 268 g/mol. The molecule has 1 N–H and O–H groups in total. The highest BCUT2D eigenvalue weighted by molar-refractivity contribution is 5.67. The summed E-state index contributed by atoms with van der Waals surface area (Å²) < 4.78 is 0. The molecule has 0 aliphatic carbocycles. The molecule has 0 radical (unpaired) electrons. The summed E-state index contributed by atoms with van der Waals surface area (Å²) in [6.45, 7) is 13.7. The van der Waals surface area contributed by atoms with Crippen molar-refractivity contribution >= 4 is 17.5 Å². The Balaban J connectivity index is 0.00000211. The van der Waals surface area contributed by atoms with Gasteiger partial charge < -0.3 is 5.32 Å². The van der Waals surface area contributed by atoms with Gasteiger partial charge in [0.15, 0.2) is 0 Å². The van der Waals surface area contributed by atoms with E-state index in [1.54, 1.807) is 12.3 Å². The van der Waals surface area contributed by atoms with Crippen LogP contribution in [-0.2, 0) is 0 Å². The van der Waals surface area contributed by atoms with Crippen molar-refractivity contribution in [1.29, 1.82) is 0 Å². The molecule has 0 aromatic heterocycles. The molecule has 1 aromatic rings. The lowest BCUT2D eigenvalue weighted by Crippen LogP contribution is -1.97. The van der Waals surface area contributed by atoms with E-state index in [0.717, 1.165) is 11.5 Å². The number of nitrogens with zero attached hydrogens (tertiary/aromatic N) is 1. The number of hydrogen-bond acceptors (Lipinski definition) is 2. The molecule has 0 aliphatic heterocycles. The van der Waals surface area contributed by atoms with Crippen molar-refractivity contribution in [3.63, 3.8) is 0 Å². The average molecular weight is 296 g/mol. The fourth-order valence-corrected chi connectivity index (χ4v) is 1.67. The van der Waals surface area contributed by atoms with E-state index in [1.165, 1.54) is 11.1 Å². The molecule has 0 unspecified atom stereocenters. The molecule has 0 saturated heterocycles. The summed E-state index contributed by atoms with van der Waals surface area (Å²) in [6.07, 6.45) is 11.5. The van der Waals surface area contributed by atoms with Crippen LogP contribution in [0.25, 0.3) is 5.57 Å². The van der Waals surface area contributed by atoms with Crippen LogP contribution in [0.3, 0.4) is 0 Å². The van der Waals surface area contributed by atoms with Crippen LogP contribution in [0, 0.1) is 0 Å². The zero-order chi connectivity index (χ0) is 16.8. The fourth-order valence-electron chi connectivity index (χ4n) is 1.67. The second-order valence-electron chi connectivity index (χ2n) is 4.25. The Bertz CT molecular complexity index is 544. The van der Waals surface area contributed by atoms with Gasteiger partial charge in [-0.15, -0.1) is 0 Å². The molecule has 0 spiro atoms. The molecule has 0 fully saturated rings. The topological polar surface area (TPSA) is 24.4 Å². The van der Waals surface area contributed by atoms with Gasteiger partial charge in [0.2, 0.25) is 0 Å². The summed E-state index contributed by atoms with van der Waals surface area (Å²) in [5, 5.41) is 3.25. The second-order valence-corrected chi connectivity index (χ2v) is 4.25. The van der Waals surface area contributed by atoms with Gasteiger partial charge in [0.05, 0.1) is 0 Å². The Kier molecular flexibility index (Phi) is 11.1. The van der Waals surface area contributed by atoms with Crippen molar-refractivity contribution in [2.45, 2.75) is 34.6 Å². The zero-order valence-corrected chi connectivity index (χ0v) is 14.4. The number of benzene rings is 1. The van der Waals surface area contributed by atoms with Crippen LogP contribution in [0.2, 0.25) is 0 Å². The molecule has 1 aromatic carbocycles. The molecule has 0 heterocycles. The summed E-state index contributed by atoms with van der Waals surface area (Å²) in [5.41, 5.74) is 3.45. The van der Waals surface area contributed by atoms with E-state index in [-0.39, 0.29) is 0 Å². The SMILES string of the molecule is C=C/C=C(\N=C/C)Nc1ccc(/C(C)=C/C=C\C)cc1.CC. The highest BCUT2D eigenvalue weighted by atomic mass is 15.0. The molecule has 2 nitrogen and oxygen atoms in total. The lowest BCUT2D eigenvalue weighted by atomic mass is 10.1. The molecular formula is C20H28N2. The number of rotatable bonds is 6. The quantitative estimate of drug-likeness (QED) is 0.489. The molecule has 0 amide bonds. The fraction of sp³-hybridized carbons (Fsp3) is 0.250. The first-order valence-corrected chi connectivity index (χ1v) is 7.69. The van der Waals surface area contributed by atoms with Crippen LogP contribution < -0.4 is 5.32 Å². The maximum absolute atomic E-state index is 4.24. The summed E-state index contributed by atoms with van der Waals surface area (Å²) >= 11 is 0. The maximum Gasteiger partial charge on any atom is 0.129 e. The normalized spacial score (nSPS) is 12.2. The Morgan fingerprint density at radius 1 is 1.09 bits per heavy atom. The van der Waals surface area contributed by atoms with Gasteiger partial charge in [0.25, 0.3) is 0 Å². The first-order valence-electron chi connectivity index (χ1n) is 7.69. The molecule has 118 valence electrons. The monoisotopic (exact) mass is 296 g/mol. The third kappa shape index (κ3) is 7.44. The lowest BCUT2D eigenvalue weighted by Gasteiger charge is -2.07. The molecule has 0 aliphatic rings. The molecule has 2 heteroatoms. The third-order valence-corrected chi connectivity index (χ3v) is 2.70. The third-order valence-electron chi connectivity index (χ3n) is 2.70. The average Bonchev–Trinajstić information content (AvgIpc) is 2.55. The summed E-state index contributed by atoms with van der Waals surface area (Å²) in [7, 11) is 0. The van der Waals surface area contributed by atoms with Crippen molar-refractivity contribution in [3.05, 3.63) is 72.6 Å². The first-order chi connectivity index (χ1) is 10.7. The van der Waals surface area contributed by atoms with Crippen LogP contribution in [0.4, 0.5) is 5.69 Å².